The first-order valence-electron chi connectivity index (χ1n) is 5.23. The van der Waals surface area contributed by atoms with Crippen molar-refractivity contribution in [3.05, 3.63) is 12.2 Å². The second-order valence-electron chi connectivity index (χ2n) is 5.81. The zero-order valence-electron chi connectivity index (χ0n) is 8.51. The monoisotopic (exact) mass is 226 g/mol. The van der Waals surface area contributed by atoms with Crippen LogP contribution in [0.3, 0.4) is 0 Å². The molecule has 2 bridgehead atoms. The number of hydrogen-bond donors (Lipinski definition) is 0. The van der Waals surface area contributed by atoms with Gasteiger partial charge in [-0.1, -0.05) is 0 Å². The molecule has 2 aliphatic rings. The number of hydrogen-bond acceptors (Lipinski definition) is 0. The van der Waals surface area contributed by atoms with E-state index in [0.29, 0.717) is 0 Å². The van der Waals surface area contributed by atoms with Crippen molar-refractivity contribution >= 4 is 13.3 Å². The third-order valence-corrected chi connectivity index (χ3v) is 6.96. The standard InChI is InChI=1S/C11H20Ge/c1-12(2,3)8-11-7-9-4-5-10(11)6-9/h4-5,9-11H,6-8H2,1-3H3. The molecule has 0 N–H and O–H groups in total. The van der Waals surface area contributed by atoms with Gasteiger partial charge >= 0.3 is 78.5 Å². The summed E-state index contributed by atoms with van der Waals surface area (Å²) in [5.74, 6) is 10.7. The molecule has 0 spiro atoms. The Bertz CT molecular complexity index is 200. The van der Waals surface area contributed by atoms with Crippen LogP contribution in [0.1, 0.15) is 12.8 Å². The van der Waals surface area contributed by atoms with E-state index in [1.165, 1.54) is 12.8 Å². The molecule has 0 aromatic rings. The van der Waals surface area contributed by atoms with Crippen LogP contribution in [0.15, 0.2) is 12.2 Å². The van der Waals surface area contributed by atoms with Crippen molar-refractivity contribution in [3.8, 4) is 0 Å². The summed E-state index contributed by atoms with van der Waals surface area (Å²) in [7, 11) is 0. The zero-order chi connectivity index (χ0) is 8.77. The second-order valence-corrected chi connectivity index (χ2v) is 17.4. The van der Waals surface area contributed by atoms with Gasteiger partial charge in [0.2, 0.25) is 0 Å². The Labute approximate surface area is 78.8 Å². The van der Waals surface area contributed by atoms with Crippen LogP contribution >= 0.6 is 0 Å². The zero-order valence-corrected chi connectivity index (χ0v) is 10.6. The van der Waals surface area contributed by atoms with Gasteiger partial charge < -0.3 is 0 Å². The second kappa shape index (κ2) is 2.90. The van der Waals surface area contributed by atoms with Crippen molar-refractivity contribution in [2.45, 2.75) is 35.4 Å². The van der Waals surface area contributed by atoms with Gasteiger partial charge in [-0.15, -0.1) is 0 Å². The van der Waals surface area contributed by atoms with Crippen molar-refractivity contribution in [1.82, 2.24) is 0 Å². The van der Waals surface area contributed by atoms with Gasteiger partial charge in [0.05, 0.1) is 0 Å². The SMILES string of the molecule is [CH3][Ge]([CH3])([CH3])[CH2]C1CC2C=CC1C2. The molecule has 0 aromatic heterocycles. The van der Waals surface area contributed by atoms with E-state index in [0.717, 1.165) is 17.8 Å². The van der Waals surface area contributed by atoms with E-state index in [9.17, 15) is 0 Å². The van der Waals surface area contributed by atoms with Gasteiger partial charge in [0.15, 0.2) is 0 Å². The Morgan fingerprint density at radius 3 is 2.33 bits per heavy atom. The summed E-state index contributed by atoms with van der Waals surface area (Å²) in [5, 5.41) is 1.60. The Kier molecular flexibility index (Phi) is 2.14. The molecule has 0 nitrogen and oxygen atoms in total. The third-order valence-electron chi connectivity index (χ3n) is 3.29. The molecule has 0 saturated heterocycles. The molecule has 0 aromatic carbocycles. The van der Waals surface area contributed by atoms with E-state index in [-0.39, 0.29) is 0 Å². The Balaban J connectivity index is 1.96. The average Bonchev–Trinajstić information content (AvgIpc) is 2.42. The van der Waals surface area contributed by atoms with Crippen LogP contribution in [0.25, 0.3) is 0 Å². The van der Waals surface area contributed by atoms with Crippen LogP contribution in [0.2, 0.25) is 22.5 Å². The van der Waals surface area contributed by atoms with Crippen LogP contribution in [0, 0.1) is 17.8 Å². The quantitative estimate of drug-likeness (QED) is 0.497. The van der Waals surface area contributed by atoms with E-state index >= 15 is 0 Å². The fourth-order valence-corrected chi connectivity index (χ4v) is 7.20. The first kappa shape index (κ1) is 8.86. The van der Waals surface area contributed by atoms with E-state index < -0.39 is 13.3 Å². The van der Waals surface area contributed by atoms with E-state index in [2.05, 4.69) is 29.4 Å². The van der Waals surface area contributed by atoms with E-state index in [1.54, 1.807) is 5.25 Å². The first-order valence-corrected chi connectivity index (χ1v) is 13.0. The van der Waals surface area contributed by atoms with Crippen molar-refractivity contribution < 1.29 is 0 Å². The summed E-state index contributed by atoms with van der Waals surface area (Å²) < 4.78 is 0. The van der Waals surface area contributed by atoms with Gasteiger partial charge in [0.1, 0.15) is 0 Å². The minimum atomic E-state index is -1.26. The molecule has 0 radical (unpaired) electrons. The summed E-state index contributed by atoms with van der Waals surface area (Å²) >= 11 is -1.26. The summed E-state index contributed by atoms with van der Waals surface area (Å²) in [4.78, 5) is 0. The van der Waals surface area contributed by atoms with Crippen molar-refractivity contribution in [2.24, 2.45) is 17.8 Å². The number of allylic oxidation sites excluding steroid dienone is 2. The van der Waals surface area contributed by atoms with Crippen molar-refractivity contribution in [1.29, 1.82) is 0 Å². The summed E-state index contributed by atoms with van der Waals surface area (Å²) in [6.07, 6.45) is 7.95. The van der Waals surface area contributed by atoms with Gasteiger partial charge in [0.25, 0.3) is 0 Å². The van der Waals surface area contributed by atoms with Crippen molar-refractivity contribution in [3.63, 3.8) is 0 Å². The fraction of sp³-hybridized carbons (Fsp3) is 0.818. The van der Waals surface area contributed by atoms with Crippen LogP contribution in [-0.4, -0.2) is 13.3 Å². The molecule has 2 rings (SSSR count). The Morgan fingerprint density at radius 1 is 1.17 bits per heavy atom. The van der Waals surface area contributed by atoms with Gasteiger partial charge in [-0.05, 0) is 0 Å². The van der Waals surface area contributed by atoms with Crippen molar-refractivity contribution in [2.75, 3.05) is 0 Å². The van der Waals surface area contributed by atoms with Crippen LogP contribution in [-0.2, 0) is 0 Å². The van der Waals surface area contributed by atoms with E-state index in [1.807, 2.05) is 0 Å². The number of rotatable bonds is 2. The summed E-state index contributed by atoms with van der Waals surface area (Å²) in [5.41, 5.74) is 0. The maximum absolute atomic E-state index is 2.55. The predicted octanol–water partition coefficient (Wildman–Crippen LogP) is 3.54. The molecule has 3 unspecified atom stereocenters. The summed E-state index contributed by atoms with van der Waals surface area (Å²) in [6.45, 7) is 0. The molecule has 1 heteroatoms. The molecule has 3 atom stereocenters. The molecule has 0 aliphatic heterocycles. The van der Waals surface area contributed by atoms with Gasteiger partial charge in [-0.25, -0.2) is 0 Å². The molecule has 0 amide bonds. The normalized spacial score (nSPS) is 39.4. The minimum absolute atomic E-state index is 0.977. The van der Waals surface area contributed by atoms with Gasteiger partial charge in [-0.2, -0.15) is 0 Å². The Morgan fingerprint density at radius 2 is 1.92 bits per heavy atom. The van der Waals surface area contributed by atoms with Crippen LogP contribution in [0.4, 0.5) is 0 Å². The molecule has 68 valence electrons. The molecular weight excluding hydrogens is 205 g/mol. The predicted molar refractivity (Wildman–Crippen MR) is 57.0 cm³/mol. The average molecular weight is 225 g/mol. The molecule has 0 heterocycles. The third kappa shape index (κ3) is 1.78. The van der Waals surface area contributed by atoms with Crippen LogP contribution in [0.5, 0.6) is 0 Å². The van der Waals surface area contributed by atoms with Crippen LogP contribution < -0.4 is 0 Å². The fourth-order valence-electron chi connectivity index (χ4n) is 2.92. The van der Waals surface area contributed by atoms with Gasteiger partial charge in [0, 0.05) is 0 Å². The molecule has 1 fully saturated rings. The molecular formula is C11H20Ge. The summed E-state index contributed by atoms with van der Waals surface area (Å²) in [6, 6.07) is 0. The van der Waals surface area contributed by atoms with Gasteiger partial charge in [-0.3, -0.25) is 0 Å². The van der Waals surface area contributed by atoms with E-state index in [4.69, 9.17) is 0 Å². The Hall–Kier alpha value is 0.283. The molecule has 1 saturated carbocycles. The number of fused-ring (bicyclic) bond motifs is 2. The molecule has 2 aliphatic carbocycles. The first-order chi connectivity index (χ1) is 5.54. The molecule has 12 heavy (non-hydrogen) atoms. The maximum atomic E-state index is 2.55. The topological polar surface area (TPSA) is 0 Å².